The first-order valence-corrected chi connectivity index (χ1v) is 7.85. The van der Waals surface area contributed by atoms with Crippen molar-refractivity contribution < 1.29 is 4.74 Å². The third-order valence-electron chi connectivity index (χ3n) is 4.05. The average Bonchev–Trinajstić information content (AvgIpc) is 3.14. The number of imidazole rings is 1. The zero-order chi connectivity index (χ0) is 14.9. The van der Waals surface area contributed by atoms with Gasteiger partial charge in [-0.15, -0.1) is 0 Å². The predicted octanol–water partition coefficient (Wildman–Crippen LogP) is 3.65. The molecule has 5 heteroatoms. The fourth-order valence-corrected chi connectivity index (χ4v) is 3.17. The number of nitrogens with zero attached hydrogens (tertiary/aromatic N) is 3. The lowest BCUT2D eigenvalue weighted by Crippen LogP contribution is -2.10. The maximum Gasteiger partial charge on any atom is 0.164 e. The second-order valence-electron chi connectivity index (χ2n) is 5.62. The van der Waals surface area contributed by atoms with E-state index in [0.717, 1.165) is 48.7 Å². The van der Waals surface area contributed by atoms with Gasteiger partial charge in [0.25, 0.3) is 0 Å². The number of rotatable bonds is 3. The van der Waals surface area contributed by atoms with Gasteiger partial charge in [-0.1, -0.05) is 17.7 Å². The molecule has 1 atom stereocenters. The number of benzene rings is 1. The molecule has 1 aromatic carbocycles. The highest BCUT2D eigenvalue weighted by atomic mass is 35.5. The first-order chi connectivity index (χ1) is 10.8. The van der Waals surface area contributed by atoms with Crippen LogP contribution in [0.2, 0.25) is 5.02 Å². The minimum atomic E-state index is 0.523. The molecule has 0 N–H and O–H groups in total. The van der Waals surface area contributed by atoms with Gasteiger partial charge in [0.1, 0.15) is 11.3 Å². The monoisotopic (exact) mass is 313 g/mol. The molecule has 4 nitrogen and oxygen atoms in total. The van der Waals surface area contributed by atoms with Crippen LogP contribution in [-0.2, 0) is 11.2 Å². The number of fused-ring (bicyclic) bond motifs is 1. The molecular formula is C17H16ClN3O. The number of pyridine rings is 1. The Labute approximate surface area is 133 Å². The van der Waals surface area contributed by atoms with Gasteiger partial charge in [0.05, 0.1) is 5.69 Å². The summed E-state index contributed by atoms with van der Waals surface area (Å²) in [5.41, 5.74) is 2.79. The van der Waals surface area contributed by atoms with Crippen LogP contribution < -0.4 is 0 Å². The zero-order valence-corrected chi connectivity index (χ0v) is 12.8. The predicted molar refractivity (Wildman–Crippen MR) is 86.5 cm³/mol. The third-order valence-corrected chi connectivity index (χ3v) is 4.28. The van der Waals surface area contributed by atoms with E-state index in [2.05, 4.69) is 9.55 Å². The lowest BCUT2D eigenvalue weighted by atomic mass is 10.0. The van der Waals surface area contributed by atoms with Crippen LogP contribution >= 0.6 is 11.6 Å². The average molecular weight is 314 g/mol. The zero-order valence-electron chi connectivity index (χ0n) is 12.1. The topological polar surface area (TPSA) is 39.9 Å². The SMILES string of the molecule is Clc1cccc(-n2c(CC3CCOC3)nc3cccnc32)c1. The van der Waals surface area contributed by atoms with Crippen molar-refractivity contribution >= 4 is 22.8 Å². The summed E-state index contributed by atoms with van der Waals surface area (Å²) < 4.78 is 7.60. The van der Waals surface area contributed by atoms with Crippen molar-refractivity contribution in [3.63, 3.8) is 0 Å². The van der Waals surface area contributed by atoms with Crippen LogP contribution in [0.3, 0.4) is 0 Å². The van der Waals surface area contributed by atoms with Crippen molar-refractivity contribution in [2.24, 2.45) is 5.92 Å². The highest BCUT2D eigenvalue weighted by Crippen LogP contribution is 2.25. The van der Waals surface area contributed by atoms with Gasteiger partial charge in [0.2, 0.25) is 0 Å². The Morgan fingerprint density at radius 3 is 3.05 bits per heavy atom. The highest BCUT2D eigenvalue weighted by Gasteiger charge is 2.21. The molecule has 3 aromatic rings. The van der Waals surface area contributed by atoms with Crippen LogP contribution in [0.5, 0.6) is 0 Å². The van der Waals surface area contributed by atoms with Gasteiger partial charge in [-0.2, -0.15) is 0 Å². The molecule has 4 rings (SSSR count). The Kier molecular flexibility index (Phi) is 3.56. The molecule has 1 fully saturated rings. The van der Waals surface area contributed by atoms with E-state index in [-0.39, 0.29) is 0 Å². The van der Waals surface area contributed by atoms with Crippen LogP contribution in [0.25, 0.3) is 16.9 Å². The van der Waals surface area contributed by atoms with E-state index in [4.69, 9.17) is 21.3 Å². The van der Waals surface area contributed by atoms with Crippen LogP contribution in [0.4, 0.5) is 0 Å². The molecular weight excluding hydrogens is 298 g/mol. The van der Waals surface area contributed by atoms with Crippen LogP contribution in [0.1, 0.15) is 12.2 Å². The lowest BCUT2D eigenvalue weighted by Gasteiger charge is -2.11. The maximum absolute atomic E-state index is 6.16. The quantitative estimate of drug-likeness (QED) is 0.741. The summed E-state index contributed by atoms with van der Waals surface area (Å²) in [5.74, 6) is 1.54. The smallest absolute Gasteiger partial charge is 0.164 e. The molecule has 0 bridgehead atoms. The van der Waals surface area contributed by atoms with Crippen molar-refractivity contribution in [1.82, 2.24) is 14.5 Å². The molecule has 1 unspecified atom stereocenters. The number of ether oxygens (including phenoxy) is 1. The van der Waals surface area contributed by atoms with Crippen LogP contribution in [-0.4, -0.2) is 27.7 Å². The summed E-state index contributed by atoms with van der Waals surface area (Å²) in [6, 6.07) is 11.7. The summed E-state index contributed by atoms with van der Waals surface area (Å²) in [6.45, 7) is 1.66. The van der Waals surface area contributed by atoms with E-state index in [9.17, 15) is 0 Å². The van der Waals surface area contributed by atoms with Gasteiger partial charge < -0.3 is 4.74 Å². The molecule has 1 saturated heterocycles. The maximum atomic E-state index is 6.16. The minimum Gasteiger partial charge on any atom is -0.381 e. The summed E-state index contributed by atoms with van der Waals surface area (Å²) in [7, 11) is 0. The van der Waals surface area contributed by atoms with Crippen molar-refractivity contribution in [2.45, 2.75) is 12.8 Å². The van der Waals surface area contributed by atoms with Crippen molar-refractivity contribution in [2.75, 3.05) is 13.2 Å². The van der Waals surface area contributed by atoms with Crippen molar-refractivity contribution in [3.05, 3.63) is 53.4 Å². The summed E-state index contributed by atoms with van der Waals surface area (Å²) >= 11 is 6.16. The third kappa shape index (κ3) is 2.49. The Morgan fingerprint density at radius 2 is 2.23 bits per heavy atom. The van der Waals surface area contributed by atoms with E-state index >= 15 is 0 Å². The van der Waals surface area contributed by atoms with Gasteiger partial charge >= 0.3 is 0 Å². The van der Waals surface area contributed by atoms with Gasteiger partial charge in [0.15, 0.2) is 5.65 Å². The molecule has 0 aliphatic carbocycles. The second kappa shape index (κ2) is 5.71. The number of halogens is 1. The van der Waals surface area contributed by atoms with Crippen LogP contribution in [0, 0.1) is 5.92 Å². The fraction of sp³-hybridized carbons (Fsp3) is 0.294. The van der Waals surface area contributed by atoms with E-state index in [1.807, 2.05) is 36.4 Å². The summed E-state index contributed by atoms with van der Waals surface area (Å²) in [5, 5.41) is 0.713. The molecule has 0 radical (unpaired) electrons. The molecule has 0 amide bonds. The molecule has 0 spiro atoms. The minimum absolute atomic E-state index is 0.523. The standard InChI is InChI=1S/C17H16ClN3O/c18-13-3-1-4-14(10-13)21-16(9-12-6-8-22-11-12)20-15-5-2-7-19-17(15)21/h1-5,7,10,12H,6,8-9,11H2. The highest BCUT2D eigenvalue weighted by molar-refractivity contribution is 6.30. The van der Waals surface area contributed by atoms with Gasteiger partial charge in [-0.05, 0) is 42.7 Å². The first kappa shape index (κ1) is 13.7. The molecule has 3 heterocycles. The molecule has 1 aliphatic rings. The van der Waals surface area contributed by atoms with Crippen LogP contribution in [0.15, 0.2) is 42.6 Å². The van der Waals surface area contributed by atoms with E-state index in [1.165, 1.54) is 0 Å². The van der Waals surface area contributed by atoms with Crippen molar-refractivity contribution in [1.29, 1.82) is 0 Å². The number of hydrogen-bond donors (Lipinski definition) is 0. The Hall–Kier alpha value is -1.91. The normalized spacial score (nSPS) is 18.1. The fourth-order valence-electron chi connectivity index (χ4n) is 2.99. The molecule has 22 heavy (non-hydrogen) atoms. The van der Waals surface area contributed by atoms with E-state index in [1.54, 1.807) is 6.20 Å². The molecule has 1 aliphatic heterocycles. The lowest BCUT2D eigenvalue weighted by molar-refractivity contribution is 0.185. The number of aromatic nitrogens is 3. The molecule has 112 valence electrons. The Morgan fingerprint density at radius 1 is 1.27 bits per heavy atom. The number of hydrogen-bond acceptors (Lipinski definition) is 3. The van der Waals surface area contributed by atoms with Gasteiger partial charge in [0, 0.05) is 30.9 Å². The Bertz CT molecular complexity index is 809. The molecule has 2 aromatic heterocycles. The van der Waals surface area contributed by atoms with Gasteiger partial charge in [-0.3, -0.25) is 4.57 Å². The largest absolute Gasteiger partial charge is 0.381 e. The van der Waals surface area contributed by atoms with Gasteiger partial charge in [-0.25, -0.2) is 9.97 Å². The second-order valence-corrected chi connectivity index (χ2v) is 6.06. The molecule has 0 saturated carbocycles. The summed E-state index contributed by atoms with van der Waals surface area (Å²) in [6.07, 6.45) is 3.78. The van der Waals surface area contributed by atoms with E-state index in [0.29, 0.717) is 10.9 Å². The van der Waals surface area contributed by atoms with E-state index < -0.39 is 0 Å². The Balaban J connectivity index is 1.85. The van der Waals surface area contributed by atoms with Crippen molar-refractivity contribution in [3.8, 4) is 5.69 Å². The summed E-state index contributed by atoms with van der Waals surface area (Å²) in [4.78, 5) is 9.29. The first-order valence-electron chi connectivity index (χ1n) is 7.47.